The van der Waals surface area contributed by atoms with Crippen LogP contribution in [0.2, 0.25) is 0 Å². The number of anilines is 1. The van der Waals surface area contributed by atoms with Crippen LogP contribution in [0.25, 0.3) is 6.08 Å². The first-order valence-electron chi connectivity index (χ1n) is 7.99. The van der Waals surface area contributed by atoms with Crippen molar-refractivity contribution in [3.63, 3.8) is 0 Å². The zero-order valence-corrected chi connectivity index (χ0v) is 16.5. The molecule has 0 bridgehead atoms. The summed E-state index contributed by atoms with van der Waals surface area (Å²) in [7, 11) is 0. The molecule has 0 aromatic heterocycles. The molecule has 2 aromatic rings. The van der Waals surface area contributed by atoms with E-state index in [0.717, 1.165) is 22.9 Å². The van der Waals surface area contributed by atoms with E-state index in [1.54, 1.807) is 30.3 Å². The number of rotatable bonds is 5. The summed E-state index contributed by atoms with van der Waals surface area (Å²) in [6.07, 6.45) is 1.67. The van der Waals surface area contributed by atoms with Crippen molar-refractivity contribution in [1.29, 1.82) is 0 Å². The highest BCUT2D eigenvalue weighted by Gasteiger charge is 2.34. The Labute approximate surface area is 169 Å². The summed E-state index contributed by atoms with van der Waals surface area (Å²) in [6, 6.07) is 16.3. The molecule has 0 atom stereocenters. The van der Waals surface area contributed by atoms with Crippen molar-refractivity contribution >= 4 is 56.5 Å². The maximum absolute atomic E-state index is 12.6. The van der Waals surface area contributed by atoms with Crippen molar-refractivity contribution in [2.75, 3.05) is 5.32 Å². The number of amides is 3. The molecular weight excluding hydrogens is 428 g/mol. The highest BCUT2D eigenvalue weighted by Crippen LogP contribution is 2.33. The van der Waals surface area contributed by atoms with Crippen LogP contribution in [-0.2, 0) is 16.1 Å². The molecule has 1 aliphatic rings. The first-order chi connectivity index (χ1) is 12.9. The number of carbonyl (C=O) groups is 3. The van der Waals surface area contributed by atoms with Gasteiger partial charge in [0.05, 0.1) is 15.9 Å². The Hall–Kier alpha value is -2.64. The molecule has 2 aromatic carbocycles. The van der Waals surface area contributed by atoms with E-state index >= 15 is 0 Å². The van der Waals surface area contributed by atoms with E-state index in [-0.39, 0.29) is 28.1 Å². The van der Waals surface area contributed by atoms with Crippen LogP contribution in [0.15, 0.2) is 70.6 Å². The van der Waals surface area contributed by atoms with E-state index in [2.05, 4.69) is 27.8 Å². The Morgan fingerprint density at radius 2 is 1.78 bits per heavy atom. The number of nitrogens with one attached hydrogen (secondary N) is 1. The fourth-order valence-electron chi connectivity index (χ4n) is 2.42. The minimum Gasteiger partial charge on any atom is -0.322 e. The van der Waals surface area contributed by atoms with Crippen molar-refractivity contribution in [3.05, 3.63) is 81.7 Å². The third-order valence-electron chi connectivity index (χ3n) is 3.77. The maximum atomic E-state index is 12.6. The lowest BCUT2D eigenvalue weighted by atomic mass is 10.2. The first-order valence-corrected chi connectivity index (χ1v) is 9.60. The van der Waals surface area contributed by atoms with Gasteiger partial charge in [-0.3, -0.25) is 19.3 Å². The molecule has 0 aliphatic carbocycles. The Morgan fingerprint density at radius 3 is 2.41 bits per heavy atom. The molecule has 0 saturated carbocycles. The summed E-state index contributed by atoms with van der Waals surface area (Å²) in [4.78, 5) is 37.9. The molecule has 3 rings (SSSR count). The van der Waals surface area contributed by atoms with E-state index in [0.29, 0.717) is 10.6 Å². The van der Waals surface area contributed by atoms with Gasteiger partial charge in [0.2, 0.25) is 0 Å². The number of imide groups is 1. The molecule has 0 radical (unpaired) electrons. The van der Waals surface area contributed by atoms with Crippen molar-refractivity contribution in [1.82, 2.24) is 4.90 Å². The van der Waals surface area contributed by atoms with Crippen LogP contribution in [0.4, 0.5) is 10.5 Å². The molecule has 5 nitrogen and oxygen atoms in total. The van der Waals surface area contributed by atoms with Crippen molar-refractivity contribution < 1.29 is 14.4 Å². The molecule has 1 fully saturated rings. The predicted octanol–water partition coefficient (Wildman–Crippen LogP) is 4.77. The number of benzene rings is 2. The molecule has 0 unspecified atom stereocenters. The Balaban J connectivity index is 1.72. The second kappa shape index (κ2) is 8.37. The zero-order chi connectivity index (χ0) is 19.4. The van der Waals surface area contributed by atoms with Gasteiger partial charge in [0.15, 0.2) is 0 Å². The van der Waals surface area contributed by atoms with Gasteiger partial charge in [0, 0.05) is 5.69 Å². The van der Waals surface area contributed by atoms with Gasteiger partial charge in [0.1, 0.15) is 0 Å². The number of thioether (sulfide) groups is 1. The summed E-state index contributed by atoms with van der Waals surface area (Å²) in [5, 5.41) is 2.39. The molecule has 27 heavy (non-hydrogen) atoms. The lowest BCUT2D eigenvalue weighted by molar-refractivity contribution is -0.123. The smallest absolute Gasteiger partial charge is 0.293 e. The normalized spacial score (nSPS) is 15.3. The van der Waals surface area contributed by atoms with Crippen LogP contribution >= 0.6 is 27.7 Å². The number of nitrogens with zero attached hydrogens (tertiary/aromatic N) is 1. The van der Waals surface area contributed by atoms with Crippen LogP contribution in [0.1, 0.15) is 11.1 Å². The number of carbonyl (C=O) groups excluding carboxylic acids is 3. The summed E-state index contributed by atoms with van der Waals surface area (Å²) >= 11 is 3.94. The average Bonchev–Trinajstić information content (AvgIpc) is 2.91. The summed E-state index contributed by atoms with van der Waals surface area (Å²) in [5.74, 6) is -0.633. The molecule has 1 aliphatic heterocycles. The van der Waals surface area contributed by atoms with Crippen LogP contribution in [0, 0.1) is 0 Å². The van der Waals surface area contributed by atoms with Crippen LogP contribution in [0.5, 0.6) is 0 Å². The van der Waals surface area contributed by atoms with Crippen molar-refractivity contribution in [2.45, 2.75) is 6.54 Å². The largest absolute Gasteiger partial charge is 0.322 e. The summed E-state index contributed by atoms with van der Waals surface area (Å²) in [6.45, 7) is 3.76. The third-order valence-corrected chi connectivity index (χ3v) is 5.04. The topological polar surface area (TPSA) is 66.5 Å². The lowest BCUT2D eigenvalue weighted by Gasteiger charge is -2.12. The molecule has 1 N–H and O–H groups in total. The number of hydrogen-bond acceptors (Lipinski definition) is 4. The van der Waals surface area contributed by atoms with Gasteiger partial charge in [-0.1, -0.05) is 49.0 Å². The standard InChI is InChI=1S/C20H15BrN2O3S/c1-13(21)18(24)22-16-9-7-14(8-10-16)11-17-19(25)23(20(26)27-17)12-15-5-3-2-4-6-15/h2-11H,1,12H2,(H,22,24)/b17-11-. The van der Waals surface area contributed by atoms with Crippen molar-refractivity contribution in [3.8, 4) is 0 Å². The van der Waals surface area contributed by atoms with E-state index in [9.17, 15) is 14.4 Å². The fraction of sp³-hybridized carbons (Fsp3) is 0.0500. The monoisotopic (exact) mass is 442 g/mol. The van der Waals surface area contributed by atoms with Crippen LogP contribution < -0.4 is 5.32 Å². The van der Waals surface area contributed by atoms with E-state index < -0.39 is 0 Å². The SMILES string of the molecule is C=C(Br)C(=O)Nc1ccc(/C=C2\SC(=O)N(Cc3ccccc3)C2=O)cc1. The lowest BCUT2D eigenvalue weighted by Crippen LogP contribution is -2.27. The average molecular weight is 443 g/mol. The van der Waals surface area contributed by atoms with Crippen molar-refractivity contribution in [2.24, 2.45) is 0 Å². The second-order valence-corrected chi connectivity index (χ2v) is 7.68. The quantitative estimate of drug-likeness (QED) is 0.677. The van der Waals surface area contributed by atoms with E-state index in [4.69, 9.17) is 0 Å². The fourth-order valence-corrected chi connectivity index (χ4v) is 3.35. The van der Waals surface area contributed by atoms with Gasteiger partial charge in [-0.15, -0.1) is 0 Å². The second-order valence-electron chi connectivity index (χ2n) is 5.73. The highest BCUT2D eigenvalue weighted by molar-refractivity contribution is 9.12. The Bertz CT molecular complexity index is 939. The number of halogens is 1. The molecule has 136 valence electrons. The molecule has 1 saturated heterocycles. The third kappa shape index (κ3) is 4.75. The van der Waals surface area contributed by atoms with Gasteiger partial charge in [-0.2, -0.15) is 0 Å². The van der Waals surface area contributed by atoms with E-state index in [1.165, 1.54) is 4.90 Å². The maximum Gasteiger partial charge on any atom is 0.293 e. The van der Waals surface area contributed by atoms with Gasteiger partial charge in [-0.05, 0) is 57.0 Å². The van der Waals surface area contributed by atoms with E-state index in [1.807, 2.05) is 30.3 Å². The van der Waals surface area contributed by atoms with Gasteiger partial charge >= 0.3 is 0 Å². The van der Waals surface area contributed by atoms with Crippen LogP contribution in [0.3, 0.4) is 0 Å². The molecule has 0 spiro atoms. The predicted molar refractivity (Wildman–Crippen MR) is 111 cm³/mol. The molecule has 1 heterocycles. The minimum absolute atomic E-state index is 0.235. The van der Waals surface area contributed by atoms with Crippen LogP contribution in [-0.4, -0.2) is 22.0 Å². The Morgan fingerprint density at radius 1 is 1.11 bits per heavy atom. The molecule has 7 heteroatoms. The minimum atomic E-state index is -0.329. The van der Waals surface area contributed by atoms with Gasteiger partial charge in [-0.25, -0.2) is 0 Å². The highest BCUT2D eigenvalue weighted by atomic mass is 79.9. The number of hydrogen-bond donors (Lipinski definition) is 1. The first kappa shape index (κ1) is 19.1. The summed E-state index contributed by atoms with van der Waals surface area (Å²) < 4.78 is 0.235. The molecular formula is C20H15BrN2O3S. The van der Waals surface area contributed by atoms with Gasteiger partial charge < -0.3 is 5.32 Å². The Kier molecular flexibility index (Phi) is 5.93. The van der Waals surface area contributed by atoms with Gasteiger partial charge in [0.25, 0.3) is 17.1 Å². The molecule has 3 amide bonds. The zero-order valence-electron chi connectivity index (χ0n) is 14.1. The summed E-state index contributed by atoms with van der Waals surface area (Å²) in [5.41, 5.74) is 2.26.